The summed E-state index contributed by atoms with van der Waals surface area (Å²) in [4.78, 5) is 27.8. The summed E-state index contributed by atoms with van der Waals surface area (Å²) in [5.74, 6) is -0.556. The number of halogens is 1. The molecule has 1 atom stereocenters. The Morgan fingerprint density at radius 3 is 2.93 bits per heavy atom. The fraction of sp³-hybridized carbons (Fsp3) is 0.222. The third kappa shape index (κ3) is 4.03. The predicted octanol–water partition coefficient (Wildman–Crippen LogP) is 1.85. The Morgan fingerprint density at radius 2 is 2.21 bits per heavy atom. The Balaban J connectivity index is 1.48. The Kier molecular flexibility index (Phi) is 4.85. The fourth-order valence-electron chi connectivity index (χ4n) is 3.04. The molecule has 0 unspecified atom stereocenters. The smallest absolute Gasteiger partial charge is 0.414 e. The lowest BCUT2D eigenvalue weighted by atomic mass is 10.2. The maximum atomic E-state index is 14.7. The van der Waals surface area contributed by atoms with E-state index in [9.17, 15) is 14.0 Å². The summed E-state index contributed by atoms with van der Waals surface area (Å²) in [5.41, 5.74) is 1.30. The number of benzene rings is 1. The van der Waals surface area contributed by atoms with Crippen molar-refractivity contribution in [3.05, 3.63) is 60.7 Å². The van der Waals surface area contributed by atoms with E-state index in [1.807, 2.05) is 10.8 Å². The molecule has 2 amide bonds. The number of ether oxygens (including phenoxy) is 1. The van der Waals surface area contributed by atoms with Crippen molar-refractivity contribution in [3.63, 3.8) is 0 Å². The standard InChI is InChI=1S/C18H17FN6O4/c19-15-7-13(24-10-14(29-18(24)28)8-21-17(26)27)1-2-16(15)25-5-3-12(22-25)9-23-6-4-20-11-23/h1-7,11,14,21H,8-10H2,(H,26,27)/t14-/m0/s1. The number of nitrogens with zero attached hydrogens (tertiary/aromatic N) is 5. The molecule has 11 heteroatoms. The largest absolute Gasteiger partial charge is 0.465 e. The molecule has 0 aliphatic carbocycles. The van der Waals surface area contributed by atoms with E-state index >= 15 is 0 Å². The molecule has 2 N–H and O–H groups in total. The van der Waals surface area contributed by atoms with Gasteiger partial charge < -0.3 is 19.7 Å². The number of rotatable bonds is 6. The Morgan fingerprint density at radius 1 is 1.34 bits per heavy atom. The van der Waals surface area contributed by atoms with Crippen molar-refractivity contribution in [3.8, 4) is 5.69 Å². The van der Waals surface area contributed by atoms with Gasteiger partial charge in [0.25, 0.3) is 0 Å². The van der Waals surface area contributed by atoms with E-state index in [1.165, 1.54) is 21.7 Å². The number of anilines is 1. The summed E-state index contributed by atoms with van der Waals surface area (Å²) in [7, 11) is 0. The third-order valence-electron chi connectivity index (χ3n) is 4.39. The zero-order valence-corrected chi connectivity index (χ0v) is 15.1. The van der Waals surface area contributed by atoms with Crippen LogP contribution in [0, 0.1) is 5.82 Å². The van der Waals surface area contributed by atoms with Gasteiger partial charge in [0.15, 0.2) is 5.82 Å². The average molecular weight is 400 g/mol. The number of amides is 2. The molecule has 29 heavy (non-hydrogen) atoms. The first-order valence-corrected chi connectivity index (χ1v) is 8.75. The number of carbonyl (C=O) groups excluding carboxylic acids is 1. The second-order valence-electron chi connectivity index (χ2n) is 6.42. The van der Waals surface area contributed by atoms with Gasteiger partial charge in [-0.25, -0.2) is 23.6 Å². The van der Waals surface area contributed by atoms with Crippen molar-refractivity contribution in [2.24, 2.45) is 0 Å². The molecule has 0 saturated carbocycles. The van der Waals surface area contributed by atoms with Crippen LogP contribution in [0.1, 0.15) is 5.69 Å². The van der Waals surface area contributed by atoms with Crippen LogP contribution in [0.3, 0.4) is 0 Å². The highest BCUT2D eigenvalue weighted by atomic mass is 19.1. The quantitative estimate of drug-likeness (QED) is 0.653. The number of carboxylic acid groups (broad SMARTS) is 1. The van der Waals surface area contributed by atoms with E-state index < -0.39 is 24.1 Å². The minimum atomic E-state index is -1.21. The van der Waals surface area contributed by atoms with Crippen molar-refractivity contribution in [2.75, 3.05) is 18.0 Å². The molecule has 0 radical (unpaired) electrons. The van der Waals surface area contributed by atoms with Crippen molar-refractivity contribution in [1.82, 2.24) is 24.6 Å². The van der Waals surface area contributed by atoms with Gasteiger partial charge in [0.1, 0.15) is 11.8 Å². The molecule has 3 aromatic rings. The third-order valence-corrected chi connectivity index (χ3v) is 4.39. The first kappa shape index (κ1) is 18.5. The lowest BCUT2D eigenvalue weighted by Gasteiger charge is -2.14. The van der Waals surface area contributed by atoms with Crippen LogP contribution >= 0.6 is 0 Å². The van der Waals surface area contributed by atoms with Gasteiger partial charge in [-0.15, -0.1) is 0 Å². The molecule has 2 aromatic heterocycles. The van der Waals surface area contributed by atoms with Crippen LogP contribution in [0.25, 0.3) is 5.69 Å². The topological polar surface area (TPSA) is 115 Å². The summed E-state index contributed by atoms with van der Waals surface area (Å²) in [5, 5.41) is 15.2. The molecule has 10 nitrogen and oxygen atoms in total. The van der Waals surface area contributed by atoms with Crippen LogP contribution in [0.5, 0.6) is 0 Å². The SMILES string of the molecule is O=C(O)NC[C@H]1CN(c2ccc(-n3ccc(Cn4ccnc4)n3)c(F)c2)C(=O)O1. The zero-order chi connectivity index (χ0) is 20.4. The van der Waals surface area contributed by atoms with Gasteiger partial charge in [0.2, 0.25) is 0 Å². The van der Waals surface area contributed by atoms with Crippen molar-refractivity contribution >= 4 is 17.9 Å². The molecule has 1 aliphatic rings. The van der Waals surface area contributed by atoms with E-state index in [1.54, 1.807) is 30.9 Å². The Hall–Kier alpha value is -3.89. The molecule has 1 aliphatic heterocycles. The maximum Gasteiger partial charge on any atom is 0.414 e. The van der Waals surface area contributed by atoms with E-state index in [4.69, 9.17) is 9.84 Å². The van der Waals surface area contributed by atoms with E-state index in [2.05, 4.69) is 15.4 Å². The highest BCUT2D eigenvalue weighted by Gasteiger charge is 2.33. The van der Waals surface area contributed by atoms with Crippen LogP contribution in [0.4, 0.5) is 19.7 Å². The fourth-order valence-corrected chi connectivity index (χ4v) is 3.04. The number of carbonyl (C=O) groups is 2. The highest BCUT2D eigenvalue weighted by molar-refractivity contribution is 5.90. The summed E-state index contributed by atoms with van der Waals surface area (Å²) >= 11 is 0. The average Bonchev–Trinajstić information content (AvgIpc) is 3.42. The molecule has 0 bridgehead atoms. The lowest BCUT2D eigenvalue weighted by molar-refractivity contribution is 0.136. The van der Waals surface area contributed by atoms with Crippen LogP contribution in [0.2, 0.25) is 0 Å². The van der Waals surface area contributed by atoms with Crippen LogP contribution in [0.15, 0.2) is 49.2 Å². The van der Waals surface area contributed by atoms with E-state index in [0.29, 0.717) is 12.2 Å². The van der Waals surface area contributed by atoms with Crippen LogP contribution < -0.4 is 10.2 Å². The molecular weight excluding hydrogens is 383 g/mol. The molecule has 150 valence electrons. The Labute approximate surface area is 164 Å². The monoisotopic (exact) mass is 400 g/mol. The minimum absolute atomic E-state index is 0.0366. The van der Waals surface area contributed by atoms with Crippen molar-refractivity contribution in [2.45, 2.75) is 12.6 Å². The number of hydrogen-bond donors (Lipinski definition) is 2. The molecule has 0 spiro atoms. The number of imidazole rings is 1. The van der Waals surface area contributed by atoms with Gasteiger partial charge in [-0.1, -0.05) is 0 Å². The zero-order valence-electron chi connectivity index (χ0n) is 15.1. The molecule has 4 rings (SSSR count). The Bertz CT molecular complexity index is 1030. The maximum absolute atomic E-state index is 14.7. The normalized spacial score (nSPS) is 16.1. The summed E-state index contributed by atoms with van der Waals surface area (Å²) in [6.07, 6.45) is 4.30. The summed E-state index contributed by atoms with van der Waals surface area (Å²) in [6.45, 7) is 0.595. The predicted molar refractivity (Wildman–Crippen MR) is 98.5 cm³/mol. The number of cyclic esters (lactones) is 1. The van der Waals surface area contributed by atoms with Gasteiger partial charge in [0, 0.05) is 18.6 Å². The first-order valence-electron chi connectivity index (χ1n) is 8.75. The van der Waals surface area contributed by atoms with Crippen LogP contribution in [-0.4, -0.2) is 55.8 Å². The van der Waals surface area contributed by atoms with Gasteiger partial charge in [-0.3, -0.25) is 4.90 Å². The van der Waals surface area contributed by atoms with Gasteiger partial charge in [-0.05, 0) is 24.3 Å². The summed E-state index contributed by atoms with van der Waals surface area (Å²) < 4.78 is 23.1. The molecule has 1 aromatic carbocycles. The number of nitrogens with one attached hydrogen (secondary N) is 1. The second-order valence-corrected chi connectivity index (χ2v) is 6.42. The lowest BCUT2D eigenvalue weighted by Crippen LogP contribution is -2.33. The number of hydrogen-bond acceptors (Lipinski definition) is 5. The van der Waals surface area contributed by atoms with Crippen LogP contribution in [-0.2, 0) is 11.3 Å². The number of aromatic nitrogens is 4. The van der Waals surface area contributed by atoms with Gasteiger partial charge >= 0.3 is 12.2 Å². The minimum Gasteiger partial charge on any atom is -0.465 e. The highest BCUT2D eigenvalue weighted by Crippen LogP contribution is 2.25. The first-order chi connectivity index (χ1) is 14.0. The molecule has 1 saturated heterocycles. The second kappa shape index (κ2) is 7.62. The van der Waals surface area contributed by atoms with Crippen molar-refractivity contribution < 1.29 is 23.8 Å². The van der Waals surface area contributed by atoms with Crippen molar-refractivity contribution in [1.29, 1.82) is 0 Å². The molecule has 3 heterocycles. The van der Waals surface area contributed by atoms with E-state index in [0.717, 1.165) is 5.69 Å². The van der Waals surface area contributed by atoms with Gasteiger partial charge in [0.05, 0.1) is 37.3 Å². The summed E-state index contributed by atoms with van der Waals surface area (Å²) in [6, 6.07) is 6.12. The molecule has 1 fully saturated rings. The van der Waals surface area contributed by atoms with E-state index in [-0.39, 0.29) is 18.8 Å². The van der Waals surface area contributed by atoms with Gasteiger partial charge in [-0.2, -0.15) is 5.10 Å². The molecular formula is C18H17FN6O4.